The van der Waals surface area contributed by atoms with Gasteiger partial charge in [0, 0.05) is 20.2 Å². The average Bonchev–Trinajstić information content (AvgIpc) is 2.96. The fourth-order valence-electron chi connectivity index (χ4n) is 1.58. The van der Waals surface area contributed by atoms with Crippen LogP contribution in [0.1, 0.15) is 16.4 Å². The van der Waals surface area contributed by atoms with Gasteiger partial charge in [-0.15, -0.1) is 10.2 Å². The molecule has 2 rings (SSSR count). The van der Waals surface area contributed by atoms with Crippen molar-refractivity contribution in [1.82, 2.24) is 25.3 Å². The number of rotatable bonds is 6. The van der Waals surface area contributed by atoms with Crippen LogP contribution < -0.4 is 5.32 Å². The molecule has 0 aliphatic heterocycles. The highest BCUT2D eigenvalue weighted by atomic mass is 79.9. The van der Waals surface area contributed by atoms with Crippen LogP contribution >= 0.6 is 27.3 Å². The van der Waals surface area contributed by atoms with E-state index in [-0.39, 0.29) is 0 Å². The molecule has 0 spiro atoms. The third-order valence-corrected chi connectivity index (χ3v) is 4.65. The van der Waals surface area contributed by atoms with Gasteiger partial charge in [-0.1, -0.05) is 11.3 Å². The van der Waals surface area contributed by atoms with Crippen molar-refractivity contribution in [3.63, 3.8) is 0 Å². The topological polar surface area (TPSA) is 64.9 Å². The minimum Gasteiger partial charge on any atom is -0.383 e. The van der Waals surface area contributed by atoms with Crippen molar-refractivity contribution in [1.29, 1.82) is 0 Å². The van der Waals surface area contributed by atoms with Gasteiger partial charge in [0.05, 0.1) is 22.5 Å². The molecular weight excluding hydrogens is 330 g/mol. The molecule has 0 amide bonds. The van der Waals surface area contributed by atoms with Gasteiger partial charge in [0.2, 0.25) is 5.13 Å². The van der Waals surface area contributed by atoms with E-state index in [1.807, 2.05) is 18.5 Å². The van der Waals surface area contributed by atoms with E-state index in [4.69, 9.17) is 4.74 Å². The van der Waals surface area contributed by atoms with Crippen molar-refractivity contribution in [2.45, 2.75) is 20.4 Å². The van der Waals surface area contributed by atoms with Crippen LogP contribution in [0.4, 0.5) is 0 Å². The quantitative estimate of drug-likeness (QED) is 0.809. The maximum atomic E-state index is 4.97. The normalized spacial score (nSPS) is 11.2. The lowest BCUT2D eigenvalue weighted by molar-refractivity contribution is 0.199. The van der Waals surface area contributed by atoms with Crippen molar-refractivity contribution >= 4 is 27.3 Å². The molecule has 0 unspecified atom stereocenters. The third kappa shape index (κ3) is 3.38. The predicted molar refractivity (Wildman–Crippen MR) is 77.8 cm³/mol. The minimum atomic E-state index is 0.691. The Morgan fingerprint density at radius 2 is 2.16 bits per heavy atom. The number of hydrogen-bond acceptors (Lipinski definition) is 6. The van der Waals surface area contributed by atoms with E-state index >= 15 is 0 Å². The Hall–Kier alpha value is -0.830. The molecule has 0 aliphatic rings. The predicted octanol–water partition coefficient (Wildman–Crippen LogP) is 1.84. The summed E-state index contributed by atoms with van der Waals surface area (Å²) in [5.41, 5.74) is 1.99. The smallest absolute Gasteiger partial charge is 0.233 e. The molecule has 0 bridgehead atoms. The summed E-state index contributed by atoms with van der Waals surface area (Å²) in [6.45, 7) is 6.15. The Morgan fingerprint density at radius 3 is 2.79 bits per heavy atom. The number of nitrogens with one attached hydrogen (secondary N) is 1. The van der Waals surface area contributed by atoms with Crippen LogP contribution in [0.5, 0.6) is 0 Å². The number of ether oxygens (including phenoxy) is 1. The highest BCUT2D eigenvalue weighted by Crippen LogP contribution is 2.24. The average molecular weight is 346 g/mol. The highest BCUT2D eigenvalue weighted by Gasteiger charge is 2.13. The molecular formula is C11H16BrN5OS. The summed E-state index contributed by atoms with van der Waals surface area (Å²) in [5.74, 6) is 0. The summed E-state index contributed by atoms with van der Waals surface area (Å²) in [4.78, 5) is 0. The zero-order valence-corrected chi connectivity index (χ0v) is 13.5. The molecule has 104 valence electrons. The van der Waals surface area contributed by atoms with Crippen LogP contribution in [0.2, 0.25) is 0 Å². The Bertz CT molecular complexity index is 553. The maximum absolute atomic E-state index is 4.97. The van der Waals surface area contributed by atoms with Crippen LogP contribution in [0.3, 0.4) is 0 Å². The lowest BCUT2D eigenvalue weighted by atomic mass is 10.4. The van der Waals surface area contributed by atoms with Crippen LogP contribution in [-0.2, 0) is 11.3 Å². The van der Waals surface area contributed by atoms with E-state index in [2.05, 4.69) is 36.5 Å². The lowest BCUT2D eigenvalue weighted by Gasteiger charge is -1.99. The molecule has 0 aromatic carbocycles. The summed E-state index contributed by atoms with van der Waals surface area (Å²) >= 11 is 5.04. The summed E-state index contributed by atoms with van der Waals surface area (Å²) in [6, 6.07) is 0. The lowest BCUT2D eigenvalue weighted by Crippen LogP contribution is -2.18. The minimum absolute atomic E-state index is 0.691. The number of methoxy groups -OCH3 is 1. The van der Waals surface area contributed by atoms with Gasteiger partial charge in [0.15, 0.2) is 0 Å². The number of nitrogens with zero attached hydrogens (tertiary/aromatic N) is 4. The maximum Gasteiger partial charge on any atom is 0.233 e. The summed E-state index contributed by atoms with van der Waals surface area (Å²) in [5, 5.41) is 17.7. The molecule has 8 heteroatoms. The SMILES string of the molecule is COCCNCc1nnc(-n2nc(C)c(Br)c2C)s1. The van der Waals surface area contributed by atoms with Gasteiger partial charge < -0.3 is 10.1 Å². The Kier molecular flexibility index (Phi) is 5.03. The molecule has 0 radical (unpaired) electrons. The van der Waals surface area contributed by atoms with Gasteiger partial charge in [-0.25, -0.2) is 4.68 Å². The second-order valence-corrected chi connectivity index (χ2v) is 5.88. The summed E-state index contributed by atoms with van der Waals surface area (Å²) < 4.78 is 7.80. The van der Waals surface area contributed by atoms with Gasteiger partial charge in [0.1, 0.15) is 5.01 Å². The molecule has 2 heterocycles. The van der Waals surface area contributed by atoms with Crippen molar-refractivity contribution in [3.05, 3.63) is 20.9 Å². The number of aromatic nitrogens is 4. The van der Waals surface area contributed by atoms with Crippen molar-refractivity contribution in [3.8, 4) is 5.13 Å². The third-order valence-electron chi connectivity index (χ3n) is 2.60. The van der Waals surface area contributed by atoms with E-state index in [0.29, 0.717) is 13.2 Å². The molecule has 2 aromatic heterocycles. The van der Waals surface area contributed by atoms with E-state index in [9.17, 15) is 0 Å². The number of halogens is 1. The van der Waals surface area contributed by atoms with E-state index in [1.165, 1.54) is 11.3 Å². The largest absolute Gasteiger partial charge is 0.383 e. The number of hydrogen-bond donors (Lipinski definition) is 1. The second kappa shape index (κ2) is 6.56. The van der Waals surface area contributed by atoms with Crippen molar-refractivity contribution in [2.75, 3.05) is 20.3 Å². The Labute approximate surface area is 124 Å². The van der Waals surface area contributed by atoms with Gasteiger partial charge in [0.25, 0.3) is 0 Å². The van der Waals surface area contributed by atoms with Gasteiger partial charge in [-0.2, -0.15) is 5.10 Å². The standard InChI is InChI=1S/C11H16BrN5OS/c1-7-10(12)8(2)17(16-7)11-15-14-9(19-11)6-13-4-5-18-3/h13H,4-6H2,1-3H3. The van der Waals surface area contributed by atoms with Crippen LogP contribution in [0.15, 0.2) is 4.47 Å². The zero-order chi connectivity index (χ0) is 13.8. The van der Waals surface area contributed by atoms with Crippen LogP contribution in [-0.4, -0.2) is 40.2 Å². The molecule has 6 nitrogen and oxygen atoms in total. The first kappa shape index (κ1) is 14.6. The van der Waals surface area contributed by atoms with Gasteiger partial charge in [-0.3, -0.25) is 0 Å². The molecule has 0 aliphatic carbocycles. The second-order valence-electron chi connectivity index (χ2n) is 4.04. The monoisotopic (exact) mass is 345 g/mol. The molecule has 1 N–H and O–H groups in total. The van der Waals surface area contributed by atoms with Crippen LogP contribution in [0.25, 0.3) is 5.13 Å². The summed E-state index contributed by atoms with van der Waals surface area (Å²) in [7, 11) is 1.69. The van der Waals surface area contributed by atoms with Gasteiger partial charge >= 0.3 is 0 Å². The van der Waals surface area contributed by atoms with E-state index in [1.54, 1.807) is 7.11 Å². The first-order valence-corrected chi connectivity index (χ1v) is 7.48. The summed E-state index contributed by atoms with van der Waals surface area (Å²) in [6.07, 6.45) is 0. The number of aryl methyl sites for hydroxylation is 1. The fourth-order valence-corrected chi connectivity index (χ4v) is 2.64. The molecule has 0 atom stereocenters. The van der Waals surface area contributed by atoms with Gasteiger partial charge in [-0.05, 0) is 29.8 Å². The molecule has 0 saturated heterocycles. The molecule has 0 saturated carbocycles. The highest BCUT2D eigenvalue weighted by molar-refractivity contribution is 9.10. The molecule has 2 aromatic rings. The van der Waals surface area contributed by atoms with E-state index in [0.717, 1.165) is 32.5 Å². The fraction of sp³-hybridized carbons (Fsp3) is 0.545. The Morgan fingerprint density at radius 1 is 1.37 bits per heavy atom. The van der Waals surface area contributed by atoms with E-state index < -0.39 is 0 Å². The molecule has 19 heavy (non-hydrogen) atoms. The van der Waals surface area contributed by atoms with Crippen molar-refractivity contribution < 1.29 is 4.74 Å². The van der Waals surface area contributed by atoms with Crippen LogP contribution in [0, 0.1) is 13.8 Å². The first-order valence-electron chi connectivity index (χ1n) is 5.87. The zero-order valence-electron chi connectivity index (χ0n) is 11.1. The van der Waals surface area contributed by atoms with Crippen molar-refractivity contribution in [2.24, 2.45) is 0 Å². The Balaban J connectivity index is 2.06. The first-order chi connectivity index (χ1) is 9.13. The molecule has 0 fully saturated rings.